The maximum Gasteiger partial charge on any atom is 0.0218 e. The van der Waals surface area contributed by atoms with Crippen LogP contribution in [-0.2, 0) is 0 Å². The van der Waals surface area contributed by atoms with Crippen molar-refractivity contribution in [3.8, 4) is 0 Å². The summed E-state index contributed by atoms with van der Waals surface area (Å²) < 4.78 is 0. The van der Waals surface area contributed by atoms with Gasteiger partial charge >= 0.3 is 0 Å². The Morgan fingerprint density at radius 2 is 2.20 bits per heavy atom. The molecule has 90 valence electrons. The van der Waals surface area contributed by atoms with Crippen molar-refractivity contribution in [3.05, 3.63) is 0 Å². The van der Waals surface area contributed by atoms with Crippen LogP contribution in [-0.4, -0.2) is 44.2 Å². The summed E-state index contributed by atoms with van der Waals surface area (Å²) in [7, 11) is 2.22. The van der Waals surface area contributed by atoms with E-state index in [1.54, 1.807) is 0 Å². The van der Waals surface area contributed by atoms with Crippen LogP contribution in [0.15, 0.2) is 0 Å². The third kappa shape index (κ3) is 4.09. The molecular formula is C12H27N3. The Labute approximate surface area is 94.4 Å². The molecule has 0 bridgehead atoms. The molecule has 1 aliphatic heterocycles. The fraction of sp³-hybridized carbons (Fsp3) is 1.00. The van der Waals surface area contributed by atoms with Crippen LogP contribution in [0.1, 0.15) is 26.7 Å². The van der Waals surface area contributed by atoms with Crippen LogP contribution in [0.2, 0.25) is 0 Å². The SMILES string of the molecule is CC(C)C(CN)CNCC1CCCN1C. The van der Waals surface area contributed by atoms with Crippen LogP contribution >= 0.6 is 0 Å². The third-order valence-corrected chi connectivity index (χ3v) is 3.70. The lowest BCUT2D eigenvalue weighted by Gasteiger charge is -2.23. The number of hydrogen-bond acceptors (Lipinski definition) is 3. The van der Waals surface area contributed by atoms with Gasteiger partial charge in [-0.15, -0.1) is 0 Å². The molecule has 1 fully saturated rings. The molecule has 1 saturated heterocycles. The summed E-state index contributed by atoms with van der Waals surface area (Å²) in [5.74, 6) is 1.31. The van der Waals surface area contributed by atoms with E-state index in [1.165, 1.54) is 19.4 Å². The first kappa shape index (κ1) is 12.9. The molecule has 0 amide bonds. The Bertz CT molecular complexity index is 168. The van der Waals surface area contributed by atoms with Gasteiger partial charge in [-0.05, 0) is 51.4 Å². The standard InChI is InChI=1S/C12H27N3/c1-10(2)11(7-13)8-14-9-12-5-4-6-15(12)3/h10-12,14H,4-9,13H2,1-3H3. The van der Waals surface area contributed by atoms with Gasteiger partial charge in [0.1, 0.15) is 0 Å². The first-order valence-corrected chi connectivity index (χ1v) is 6.26. The lowest BCUT2D eigenvalue weighted by Crippen LogP contribution is -2.39. The predicted octanol–water partition coefficient (Wildman–Crippen LogP) is 0.901. The fourth-order valence-electron chi connectivity index (χ4n) is 2.26. The molecule has 0 aromatic rings. The van der Waals surface area contributed by atoms with E-state index in [4.69, 9.17) is 5.73 Å². The molecule has 3 N–H and O–H groups in total. The smallest absolute Gasteiger partial charge is 0.0218 e. The van der Waals surface area contributed by atoms with Gasteiger partial charge in [-0.3, -0.25) is 0 Å². The molecule has 0 saturated carbocycles. The summed E-state index contributed by atoms with van der Waals surface area (Å²) in [6.45, 7) is 8.75. The Morgan fingerprint density at radius 1 is 1.47 bits per heavy atom. The zero-order chi connectivity index (χ0) is 11.3. The average molecular weight is 213 g/mol. The highest BCUT2D eigenvalue weighted by atomic mass is 15.2. The summed E-state index contributed by atoms with van der Waals surface area (Å²) in [4.78, 5) is 2.46. The van der Waals surface area contributed by atoms with Crippen molar-refractivity contribution >= 4 is 0 Å². The second-order valence-corrected chi connectivity index (χ2v) is 5.17. The minimum Gasteiger partial charge on any atom is -0.330 e. The first-order chi connectivity index (χ1) is 7.15. The molecular weight excluding hydrogens is 186 g/mol. The monoisotopic (exact) mass is 213 g/mol. The van der Waals surface area contributed by atoms with Crippen molar-refractivity contribution in [3.63, 3.8) is 0 Å². The molecule has 0 aromatic carbocycles. The zero-order valence-corrected chi connectivity index (χ0v) is 10.5. The number of rotatable bonds is 6. The van der Waals surface area contributed by atoms with Crippen molar-refractivity contribution in [1.82, 2.24) is 10.2 Å². The highest BCUT2D eigenvalue weighted by Gasteiger charge is 2.20. The molecule has 3 nitrogen and oxygen atoms in total. The topological polar surface area (TPSA) is 41.3 Å². The summed E-state index contributed by atoms with van der Waals surface area (Å²) >= 11 is 0. The number of nitrogens with zero attached hydrogens (tertiary/aromatic N) is 1. The molecule has 0 radical (unpaired) electrons. The predicted molar refractivity (Wildman–Crippen MR) is 65.9 cm³/mol. The number of likely N-dealkylation sites (tertiary alicyclic amines) is 1. The molecule has 1 rings (SSSR count). The van der Waals surface area contributed by atoms with Gasteiger partial charge in [-0.2, -0.15) is 0 Å². The van der Waals surface area contributed by atoms with Crippen molar-refractivity contribution < 1.29 is 0 Å². The van der Waals surface area contributed by atoms with E-state index < -0.39 is 0 Å². The zero-order valence-electron chi connectivity index (χ0n) is 10.5. The molecule has 0 aromatic heterocycles. The molecule has 0 aliphatic carbocycles. The van der Waals surface area contributed by atoms with E-state index in [1.807, 2.05) is 0 Å². The Kier molecular flexibility index (Phi) is 5.58. The highest BCUT2D eigenvalue weighted by Crippen LogP contribution is 2.14. The quantitative estimate of drug-likeness (QED) is 0.689. The van der Waals surface area contributed by atoms with Crippen molar-refractivity contribution in [2.24, 2.45) is 17.6 Å². The summed E-state index contributed by atoms with van der Waals surface area (Å²) in [6.07, 6.45) is 2.70. The van der Waals surface area contributed by atoms with Gasteiger partial charge < -0.3 is 16.0 Å². The van der Waals surface area contributed by atoms with E-state index in [9.17, 15) is 0 Å². The number of likely N-dealkylation sites (N-methyl/N-ethyl adjacent to an activating group) is 1. The van der Waals surface area contributed by atoms with E-state index in [0.717, 1.165) is 25.7 Å². The van der Waals surface area contributed by atoms with Crippen LogP contribution < -0.4 is 11.1 Å². The molecule has 2 unspecified atom stereocenters. The summed E-state index contributed by atoms with van der Waals surface area (Å²) in [5, 5.41) is 3.57. The maximum atomic E-state index is 5.74. The van der Waals surface area contributed by atoms with Gasteiger partial charge in [0.05, 0.1) is 0 Å². The average Bonchev–Trinajstić information content (AvgIpc) is 2.58. The second kappa shape index (κ2) is 6.46. The van der Waals surface area contributed by atoms with Gasteiger partial charge in [-0.25, -0.2) is 0 Å². The molecule has 15 heavy (non-hydrogen) atoms. The number of nitrogens with one attached hydrogen (secondary N) is 1. The normalized spacial score (nSPS) is 25.0. The number of hydrogen-bond donors (Lipinski definition) is 2. The van der Waals surface area contributed by atoms with E-state index in [2.05, 4.69) is 31.1 Å². The van der Waals surface area contributed by atoms with Gasteiger partial charge in [0.25, 0.3) is 0 Å². The second-order valence-electron chi connectivity index (χ2n) is 5.17. The molecule has 1 aliphatic rings. The van der Waals surface area contributed by atoms with Gasteiger partial charge in [0, 0.05) is 12.6 Å². The van der Waals surface area contributed by atoms with Crippen LogP contribution in [0.3, 0.4) is 0 Å². The molecule has 1 heterocycles. The van der Waals surface area contributed by atoms with E-state index >= 15 is 0 Å². The first-order valence-electron chi connectivity index (χ1n) is 6.26. The maximum absolute atomic E-state index is 5.74. The van der Waals surface area contributed by atoms with Crippen molar-refractivity contribution in [2.45, 2.75) is 32.7 Å². The minimum absolute atomic E-state index is 0.622. The Balaban J connectivity index is 2.14. The van der Waals surface area contributed by atoms with Crippen LogP contribution in [0.4, 0.5) is 0 Å². The Hall–Kier alpha value is -0.120. The van der Waals surface area contributed by atoms with Gasteiger partial charge in [0.15, 0.2) is 0 Å². The minimum atomic E-state index is 0.622. The number of nitrogens with two attached hydrogens (primary N) is 1. The van der Waals surface area contributed by atoms with Gasteiger partial charge in [-0.1, -0.05) is 13.8 Å². The van der Waals surface area contributed by atoms with Crippen LogP contribution in [0.5, 0.6) is 0 Å². The van der Waals surface area contributed by atoms with E-state index in [0.29, 0.717) is 11.8 Å². The van der Waals surface area contributed by atoms with Crippen molar-refractivity contribution in [2.75, 3.05) is 33.2 Å². The van der Waals surface area contributed by atoms with Gasteiger partial charge in [0.2, 0.25) is 0 Å². The van der Waals surface area contributed by atoms with Crippen LogP contribution in [0, 0.1) is 11.8 Å². The Morgan fingerprint density at radius 3 is 2.67 bits per heavy atom. The lowest BCUT2D eigenvalue weighted by molar-refractivity contribution is 0.286. The van der Waals surface area contributed by atoms with Crippen LogP contribution in [0.25, 0.3) is 0 Å². The third-order valence-electron chi connectivity index (χ3n) is 3.70. The summed E-state index contributed by atoms with van der Waals surface area (Å²) in [5.41, 5.74) is 5.74. The molecule has 0 spiro atoms. The fourth-order valence-corrected chi connectivity index (χ4v) is 2.26. The lowest BCUT2D eigenvalue weighted by atomic mass is 9.96. The van der Waals surface area contributed by atoms with Crippen molar-refractivity contribution in [1.29, 1.82) is 0 Å². The molecule has 2 atom stereocenters. The largest absolute Gasteiger partial charge is 0.330 e. The molecule has 3 heteroatoms. The van der Waals surface area contributed by atoms with E-state index in [-0.39, 0.29) is 0 Å². The highest BCUT2D eigenvalue weighted by molar-refractivity contribution is 4.79. The summed E-state index contributed by atoms with van der Waals surface area (Å²) in [6, 6.07) is 0.746.